The van der Waals surface area contributed by atoms with Crippen LogP contribution >= 0.6 is 0 Å². The fourth-order valence-corrected chi connectivity index (χ4v) is 2.32. The molecule has 0 aromatic carbocycles. The van der Waals surface area contributed by atoms with Crippen molar-refractivity contribution in [2.45, 2.75) is 40.0 Å². The van der Waals surface area contributed by atoms with Gasteiger partial charge in [0.1, 0.15) is 0 Å². The van der Waals surface area contributed by atoms with Gasteiger partial charge in [-0.1, -0.05) is 26.7 Å². The molecular weight excluding hydrogens is 172 g/mol. The zero-order valence-corrected chi connectivity index (χ0v) is 10.1. The first-order valence-electron chi connectivity index (χ1n) is 5.89. The minimum Gasteiger partial charge on any atom is -0.360 e. The van der Waals surface area contributed by atoms with Crippen molar-refractivity contribution in [3.8, 4) is 0 Å². The van der Waals surface area contributed by atoms with Crippen molar-refractivity contribution in [3.63, 3.8) is 0 Å². The summed E-state index contributed by atoms with van der Waals surface area (Å²) in [6, 6.07) is 0. The Hall–Kier alpha value is -0.530. The number of hydrogen-bond acceptors (Lipinski definition) is 1. The second kappa shape index (κ2) is 5.38. The van der Waals surface area contributed by atoms with Crippen molar-refractivity contribution in [3.05, 3.63) is 0 Å². The smallest absolute Gasteiger partial charge is 0.0954 e. The van der Waals surface area contributed by atoms with Crippen LogP contribution in [0.2, 0.25) is 0 Å². The summed E-state index contributed by atoms with van der Waals surface area (Å²) >= 11 is 0. The summed E-state index contributed by atoms with van der Waals surface area (Å²) in [5, 5.41) is 0. The van der Waals surface area contributed by atoms with Crippen LogP contribution in [0.15, 0.2) is 4.99 Å². The lowest BCUT2D eigenvalue weighted by Gasteiger charge is -2.38. The molecule has 2 atom stereocenters. The highest BCUT2D eigenvalue weighted by Crippen LogP contribution is 2.26. The third-order valence-electron chi connectivity index (χ3n) is 3.56. The first kappa shape index (κ1) is 11.5. The molecule has 1 aliphatic heterocycles. The standard InChI is InChI=1S/C12H24N2/c1-5-11-7-12(6-2)9-14(8-11)10(3)13-4/h11-12H,5-9H2,1-4H3. The van der Waals surface area contributed by atoms with Crippen LogP contribution in [-0.2, 0) is 0 Å². The minimum absolute atomic E-state index is 0.880. The first-order chi connectivity index (χ1) is 6.71. The van der Waals surface area contributed by atoms with Crippen molar-refractivity contribution in [2.24, 2.45) is 16.8 Å². The molecule has 1 rings (SSSR count). The average molecular weight is 196 g/mol. The normalized spacial score (nSPS) is 29.4. The number of amidine groups is 1. The molecule has 0 amide bonds. The van der Waals surface area contributed by atoms with Crippen LogP contribution in [0.25, 0.3) is 0 Å². The third kappa shape index (κ3) is 2.73. The summed E-state index contributed by atoms with van der Waals surface area (Å²) in [5.74, 6) is 2.97. The predicted octanol–water partition coefficient (Wildman–Crippen LogP) is 2.79. The summed E-state index contributed by atoms with van der Waals surface area (Å²) in [7, 11) is 1.89. The van der Waals surface area contributed by atoms with Crippen LogP contribution in [0, 0.1) is 11.8 Å². The molecule has 1 saturated heterocycles. The van der Waals surface area contributed by atoms with E-state index in [2.05, 4.69) is 30.7 Å². The number of hydrogen-bond donors (Lipinski definition) is 0. The molecule has 0 radical (unpaired) electrons. The van der Waals surface area contributed by atoms with Crippen molar-refractivity contribution in [2.75, 3.05) is 20.1 Å². The maximum absolute atomic E-state index is 4.29. The van der Waals surface area contributed by atoms with Gasteiger partial charge in [0.05, 0.1) is 5.84 Å². The van der Waals surface area contributed by atoms with Gasteiger partial charge in [-0.25, -0.2) is 0 Å². The topological polar surface area (TPSA) is 15.6 Å². The van der Waals surface area contributed by atoms with E-state index < -0.39 is 0 Å². The molecule has 0 saturated carbocycles. The molecule has 1 fully saturated rings. The van der Waals surface area contributed by atoms with Gasteiger partial charge in [0.15, 0.2) is 0 Å². The molecule has 1 heterocycles. The Kier molecular flexibility index (Phi) is 4.43. The predicted molar refractivity (Wildman–Crippen MR) is 62.8 cm³/mol. The van der Waals surface area contributed by atoms with Gasteiger partial charge >= 0.3 is 0 Å². The molecule has 2 heteroatoms. The van der Waals surface area contributed by atoms with Gasteiger partial charge in [-0.3, -0.25) is 4.99 Å². The highest BCUT2D eigenvalue weighted by molar-refractivity contribution is 5.79. The van der Waals surface area contributed by atoms with Crippen LogP contribution in [0.3, 0.4) is 0 Å². The van der Waals surface area contributed by atoms with Crippen LogP contribution < -0.4 is 0 Å². The summed E-state index contributed by atoms with van der Waals surface area (Å²) < 4.78 is 0. The molecule has 0 aromatic heterocycles. The molecular formula is C12H24N2. The van der Waals surface area contributed by atoms with Crippen LogP contribution in [-0.4, -0.2) is 30.9 Å². The number of nitrogens with zero attached hydrogens (tertiary/aromatic N) is 2. The molecule has 1 aliphatic rings. The van der Waals surface area contributed by atoms with Crippen molar-refractivity contribution < 1.29 is 0 Å². The van der Waals surface area contributed by atoms with E-state index in [4.69, 9.17) is 0 Å². The first-order valence-corrected chi connectivity index (χ1v) is 5.89. The fraction of sp³-hybridized carbons (Fsp3) is 0.917. The van der Waals surface area contributed by atoms with Gasteiger partial charge < -0.3 is 4.90 Å². The molecule has 0 N–H and O–H groups in total. The van der Waals surface area contributed by atoms with Gasteiger partial charge in [0.25, 0.3) is 0 Å². The summed E-state index contributed by atoms with van der Waals surface area (Å²) in [6.45, 7) is 9.18. The lowest BCUT2D eigenvalue weighted by molar-refractivity contribution is 0.182. The third-order valence-corrected chi connectivity index (χ3v) is 3.56. The van der Waals surface area contributed by atoms with Crippen LogP contribution in [0.1, 0.15) is 40.0 Å². The molecule has 0 aliphatic carbocycles. The zero-order chi connectivity index (χ0) is 10.6. The Balaban J connectivity index is 2.60. The summed E-state index contributed by atoms with van der Waals surface area (Å²) in [6.07, 6.45) is 4.04. The van der Waals surface area contributed by atoms with E-state index in [0.29, 0.717) is 0 Å². The zero-order valence-electron chi connectivity index (χ0n) is 10.1. The molecule has 0 aromatic rings. The maximum atomic E-state index is 4.29. The SMILES string of the molecule is CCC1CC(CC)CN(C(C)=NC)C1. The Morgan fingerprint density at radius 2 is 1.71 bits per heavy atom. The van der Waals surface area contributed by atoms with Gasteiger partial charge in [0, 0.05) is 20.1 Å². The second-order valence-electron chi connectivity index (χ2n) is 4.46. The summed E-state index contributed by atoms with van der Waals surface area (Å²) in [4.78, 5) is 6.76. The van der Waals surface area contributed by atoms with E-state index in [1.54, 1.807) is 0 Å². The van der Waals surface area contributed by atoms with Crippen LogP contribution in [0.4, 0.5) is 0 Å². The van der Waals surface area contributed by atoms with Crippen molar-refractivity contribution >= 4 is 5.84 Å². The summed E-state index contributed by atoms with van der Waals surface area (Å²) in [5.41, 5.74) is 0. The Bertz CT molecular complexity index is 186. The molecule has 0 spiro atoms. The van der Waals surface area contributed by atoms with E-state index in [0.717, 1.165) is 11.8 Å². The highest BCUT2D eigenvalue weighted by Gasteiger charge is 2.25. The Morgan fingerprint density at radius 1 is 1.21 bits per heavy atom. The fourth-order valence-electron chi connectivity index (χ4n) is 2.32. The number of rotatable bonds is 2. The van der Waals surface area contributed by atoms with E-state index in [9.17, 15) is 0 Å². The molecule has 14 heavy (non-hydrogen) atoms. The number of aliphatic imine (C=N–C) groups is 1. The lowest BCUT2D eigenvalue weighted by Crippen LogP contribution is -2.42. The second-order valence-corrected chi connectivity index (χ2v) is 4.46. The monoisotopic (exact) mass is 196 g/mol. The van der Waals surface area contributed by atoms with Gasteiger partial charge in [-0.15, -0.1) is 0 Å². The van der Waals surface area contributed by atoms with Gasteiger partial charge in [0.2, 0.25) is 0 Å². The quantitative estimate of drug-likeness (QED) is 0.490. The number of likely N-dealkylation sites (tertiary alicyclic amines) is 1. The Morgan fingerprint density at radius 3 is 2.07 bits per heavy atom. The molecule has 2 unspecified atom stereocenters. The molecule has 2 nitrogen and oxygen atoms in total. The average Bonchev–Trinajstić information content (AvgIpc) is 2.27. The number of piperidine rings is 1. The Labute approximate surface area is 88.4 Å². The van der Waals surface area contributed by atoms with E-state index in [-0.39, 0.29) is 0 Å². The highest BCUT2D eigenvalue weighted by atomic mass is 15.2. The lowest BCUT2D eigenvalue weighted by atomic mass is 9.86. The van der Waals surface area contributed by atoms with Crippen LogP contribution in [0.5, 0.6) is 0 Å². The van der Waals surface area contributed by atoms with E-state index >= 15 is 0 Å². The van der Waals surface area contributed by atoms with Gasteiger partial charge in [-0.2, -0.15) is 0 Å². The van der Waals surface area contributed by atoms with E-state index in [1.807, 2.05) is 7.05 Å². The molecule has 0 bridgehead atoms. The maximum Gasteiger partial charge on any atom is 0.0954 e. The van der Waals surface area contributed by atoms with Crippen molar-refractivity contribution in [1.82, 2.24) is 4.90 Å². The van der Waals surface area contributed by atoms with Crippen molar-refractivity contribution in [1.29, 1.82) is 0 Å². The van der Waals surface area contributed by atoms with E-state index in [1.165, 1.54) is 38.2 Å². The minimum atomic E-state index is 0.880. The van der Waals surface area contributed by atoms with Gasteiger partial charge in [-0.05, 0) is 25.2 Å². The molecule has 82 valence electrons. The largest absolute Gasteiger partial charge is 0.360 e.